The van der Waals surface area contributed by atoms with Crippen LogP contribution in [0.2, 0.25) is 0 Å². The Morgan fingerprint density at radius 1 is 1.35 bits per heavy atom. The number of rotatable bonds is 8. The standard InChI is InChI=1S/C20H32O6/c1-2-3-4-7-14(21)9-10-15-16(12-19(23)24)17(22)13-18(15)26-20-8-5-6-11-25-20/h14-18,20-22H,2-3,5-6,8-13H2,1H3,(H,23,24)/t14?,15-,16?,17+,18-,20?/m0/s1. The Kier molecular flexibility index (Phi) is 8.86. The highest BCUT2D eigenvalue weighted by Gasteiger charge is 2.44. The third-order valence-electron chi connectivity index (χ3n) is 5.29. The molecule has 1 heterocycles. The lowest BCUT2D eigenvalue weighted by Crippen LogP contribution is -2.32. The molecule has 6 atom stereocenters. The molecule has 0 aromatic rings. The van der Waals surface area contributed by atoms with E-state index in [1.54, 1.807) is 0 Å². The highest BCUT2D eigenvalue weighted by Crippen LogP contribution is 2.41. The van der Waals surface area contributed by atoms with Crippen LogP contribution in [0.5, 0.6) is 0 Å². The summed E-state index contributed by atoms with van der Waals surface area (Å²) in [5.41, 5.74) is 0. The molecule has 2 rings (SSSR count). The minimum Gasteiger partial charge on any atom is -0.481 e. The van der Waals surface area contributed by atoms with Gasteiger partial charge in [-0.15, -0.1) is 5.92 Å². The second-order valence-electron chi connectivity index (χ2n) is 7.36. The summed E-state index contributed by atoms with van der Waals surface area (Å²) in [7, 11) is 0. The van der Waals surface area contributed by atoms with Crippen molar-refractivity contribution in [2.24, 2.45) is 11.8 Å². The van der Waals surface area contributed by atoms with Crippen molar-refractivity contribution in [3.05, 3.63) is 0 Å². The Bertz CT molecular complexity index is 490. The Morgan fingerprint density at radius 3 is 2.81 bits per heavy atom. The topological polar surface area (TPSA) is 96.2 Å². The number of hydrogen-bond donors (Lipinski definition) is 3. The Labute approximate surface area is 155 Å². The van der Waals surface area contributed by atoms with Crippen molar-refractivity contribution in [2.45, 2.75) is 89.3 Å². The van der Waals surface area contributed by atoms with E-state index >= 15 is 0 Å². The predicted octanol–water partition coefficient (Wildman–Crippen LogP) is 2.31. The van der Waals surface area contributed by atoms with Crippen molar-refractivity contribution in [1.82, 2.24) is 0 Å². The van der Waals surface area contributed by atoms with Crippen LogP contribution in [0.3, 0.4) is 0 Å². The van der Waals surface area contributed by atoms with Crippen LogP contribution in [-0.2, 0) is 14.3 Å². The lowest BCUT2D eigenvalue weighted by Gasteiger charge is -2.30. The third-order valence-corrected chi connectivity index (χ3v) is 5.29. The molecule has 26 heavy (non-hydrogen) atoms. The molecule has 148 valence electrons. The number of aliphatic hydroxyl groups excluding tert-OH is 2. The fourth-order valence-electron chi connectivity index (χ4n) is 3.95. The Balaban J connectivity index is 1.98. The van der Waals surface area contributed by atoms with Crippen molar-refractivity contribution in [3.8, 4) is 11.8 Å². The Morgan fingerprint density at radius 2 is 2.15 bits per heavy atom. The zero-order valence-electron chi connectivity index (χ0n) is 15.6. The molecule has 0 amide bonds. The Hall–Kier alpha value is -1.13. The van der Waals surface area contributed by atoms with E-state index in [1.807, 2.05) is 6.92 Å². The third kappa shape index (κ3) is 6.55. The molecule has 0 aromatic heterocycles. The maximum absolute atomic E-state index is 11.2. The minimum atomic E-state index is -0.920. The van der Waals surface area contributed by atoms with Gasteiger partial charge in [0.05, 0.1) is 18.6 Å². The molecule has 1 saturated heterocycles. The van der Waals surface area contributed by atoms with Crippen molar-refractivity contribution < 1.29 is 29.6 Å². The van der Waals surface area contributed by atoms with Crippen LogP contribution < -0.4 is 0 Å². The summed E-state index contributed by atoms with van der Waals surface area (Å²) in [6.07, 6.45) is 4.03. The van der Waals surface area contributed by atoms with Gasteiger partial charge in [0.1, 0.15) is 6.10 Å². The fraction of sp³-hybridized carbons (Fsp3) is 0.850. The second kappa shape index (κ2) is 10.9. The zero-order valence-corrected chi connectivity index (χ0v) is 15.6. The smallest absolute Gasteiger partial charge is 0.303 e. The van der Waals surface area contributed by atoms with Gasteiger partial charge in [-0.3, -0.25) is 4.79 Å². The molecule has 0 spiro atoms. The molecule has 0 aromatic carbocycles. The van der Waals surface area contributed by atoms with Gasteiger partial charge in [-0.2, -0.15) is 0 Å². The van der Waals surface area contributed by atoms with E-state index in [0.29, 0.717) is 25.9 Å². The maximum Gasteiger partial charge on any atom is 0.303 e. The summed E-state index contributed by atoms with van der Waals surface area (Å²) in [4.78, 5) is 11.2. The van der Waals surface area contributed by atoms with Crippen molar-refractivity contribution in [3.63, 3.8) is 0 Å². The van der Waals surface area contributed by atoms with E-state index in [2.05, 4.69) is 11.8 Å². The van der Waals surface area contributed by atoms with E-state index in [1.165, 1.54) is 0 Å². The molecule has 1 aliphatic heterocycles. The van der Waals surface area contributed by atoms with Gasteiger partial charge >= 0.3 is 5.97 Å². The van der Waals surface area contributed by atoms with Crippen LogP contribution in [0.15, 0.2) is 0 Å². The van der Waals surface area contributed by atoms with Crippen molar-refractivity contribution >= 4 is 5.97 Å². The SMILES string of the molecule is CCCC#CC(O)CC[C@H]1C(CC(=O)O)[C@H](O)C[C@@H]1OC1CCCCO1. The average molecular weight is 368 g/mol. The van der Waals surface area contributed by atoms with Gasteiger partial charge in [-0.1, -0.05) is 12.8 Å². The summed E-state index contributed by atoms with van der Waals surface area (Å²) in [5, 5.41) is 29.6. The number of ether oxygens (including phenoxy) is 2. The van der Waals surface area contributed by atoms with Gasteiger partial charge in [-0.25, -0.2) is 0 Å². The van der Waals surface area contributed by atoms with Crippen molar-refractivity contribution in [2.75, 3.05) is 6.61 Å². The van der Waals surface area contributed by atoms with E-state index in [4.69, 9.17) is 9.47 Å². The molecular formula is C20H32O6. The number of carboxylic acids is 1. The molecular weight excluding hydrogens is 336 g/mol. The summed E-state index contributed by atoms with van der Waals surface area (Å²) in [5.74, 6) is 4.38. The van der Waals surface area contributed by atoms with Crippen LogP contribution in [-0.4, -0.2) is 52.5 Å². The highest BCUT2D eigenvalue weighted by molar-refractivity contribution is 5.67. The number of aliphatic carboxylic acids is 1. The van der Waals surface area contributed by atoms with Crippen LogP contribution in [0.1, 0.15) is 64.7 Å². The molecule has 1 saturated carbocycles. The molecule has 6 heteroatoms. The monoisotopic (exact) mass is 368 g/mol. The van der Waals surface area contributed by atoms with Crippen LogP contribution in [0.25, 0.3) is 0 Å². The molecule has 0 radical (unpaired) electrons. The van der Waals surface area contributed by atoms with Crippen LogP contribution in [0, 0.1) is 23.7 Å². The summed E-state index contributed by atoms with van der Waals surface area (Å²) in [6, 6.07) is 0. The first kappa shape index (κ1) is 21.2. The van der Waals surface area contributed by atoms with E-state index in [9.17, 15) is 20.1 Å². The number of aliphatic hydroxyl groups is 2. The molecule has 1 aliphatic carbocycles. The van der Waals surface area contributed by atoms with E-state index in [0.717, 1.165) is 32.1 Å². The zero-order chi connectivity index (χ0) is 18.9. The number of hydrogen-bond acceptors (Lipinski definition) is 5. The highest BCUT2D eigenvalue weighted by atomic mass is 16.7. The molecule has 6 nitrogen and oxygen atoms in total. The minimum absolute atomic E-state index is 0.0885. The number of unbranched alkanes of at least 4 members (excludes halogenated alkanes) is 1. The quantitative estimate of drug-likeness (QED) is 0.569. The summed E-state index contributed by atoms with van der Waals surface area (Å²) < 4.78 is 11.7. The van der Waals surface area contributed by atoms with Gasteiger partial charge in [0.15, 0.2) is 6.29 Å². The van der Waals surface area contributed by atoms with Gasteiger partial charge < -0.3 is 24.8 Å². The lowest BCUT2D eigenvalue weighted by atomic mass is 9.86. The largest absolute Gasteiger partial charge is 0.481 e. The van der Waals surface area contributed by atoms with Gasteiger partial charge in [-0.05, 0) is 44.4 Å². The first-order valence-corrected chi connectivity index (χ1v) is 9.84. The lowest BCUT2D eigenvalue weighted by molar-refractivity contribution is -0.196. The van der Waals surface area contributed by atoms with Crippen LogP contribution >= 0.6 is 0 Å². The van der Waals surface area contributed by atoms with Gasteiger partial charge in [0.25, 0.3) is 0 Å². The number of carbonyl (C=O) groups is 1. The van der Waals surface area contributed by atoms with Crippen molar-refractivity contribution in [1.29, 1.82) is 0 Å². The number of carboxylic acid groups (broad SMARTS) is 1. The molecule has 2 aliphatic rings. The summed E-state index contributed by atoms with van der Waals surface area (Å²) in [6.45, 7) is 2.71. The first-order valence-electron chi connectivity index (χ1n) is 9.84. The molecule has 3 N–H and O–H groups in total. The molecule has 2 fully saturated rings. The van der Waals surface area contributed by atoms with E-state index in [-0.39, 0.29) is 30.7 Å². The normalized spacial score (nSPS) is 32.7. The average Bonchev–Trinajstić information content (AvgIpc) is 2.88. The molecule has 3 unspecified atom stereocenters. The molecule has 0 bridgehead atoms. The first-order chi connectivity index (χ1) is 12.5. The van der Waals surface area contributed by atoms with Gasteiger partial charge in [0, 0.05) is 25.4 Å². The second-order valence-corrected chi connectivity index (χ2v) is 7.36. The van der Waals surface area contributed by atoms with E-state index < -0.39 is 18.2 Å². The van der Waals surface area contributed by atoms with Crippen LogP contribution in [0.4, 0.5) is 0 Å². The maximum atomic E-state index is 11.2. The summed E-state index contributed by atoms with van der Waals surface area (Å²) >= 11 is 0. The predicted molar refractivity (Wildman–Crippen MR) is 96.2 cm³/mol. The fourth-order valence-corrected chi connectivity index (χ4v) is 3.95. The van der Waals surface area contributed by atoms with Gasteiger partial charge in [0.2, 0.25) is 0 Å².